The number of carbonyl (C=O) groups is 3. The molecule has 0 radical (unpaired) electrons. The first kappa shape index (κ1) is 24.2. The molecule has 3 aliphatic rings. The van der Waals surface area contributed by atoms with Crippen LogP contribution in [0.25, 0.3) is 0 Å². The molecule has 2 saturated carbocycles. The van der Waals surface area contributed by atoms with Crippen LogP contribution < -0.4 is 5.32 Å². The highest BCUT2D eigenvalue weighted by atomic mass is 79.9. The van der Waals surface area contributed by atoms with Crippen molar-refractivity contribution in [2.75, 3.05) is 5.32 Å². The van der Waals surface area contributed by atoms with Gasteiger partial charge in [0.2, 0.25) is 17.7 Å². The maximum absolute atomic E-state index is 13.7. The number of amides is 3. The lowest BCUT2D eigenvalue weighted by atomic mass is 9.81. The van der Waals surface area contributed by atoms with Crippen molar-refractivity contribution in [3.8, 4) is 0 Å². The number of nitrogens with zero attached hydrogens (tertiary/aromatic N) is 1. The predicted molar refractivity (Wildman–Crippen MR) is 142 cm³/mol. The van der Waals surface area contributed by atoms with Gasteiger partial charge in [0, 0.05) is 26.2 Å². The first-order valence-electron chi connectivity index (χ1n) is 11.5. The van der Waals surface area contributed by atoms with Gasteiger partial charge < -0.3 is 5.32 Å². The van der Waals surface area contributed by atoms with Gasteiger partial charge in [0.1, 0.15) is 6.04 Å². The van der Waals surface area contributed by atoms with Crippen LogP contribution in [0.4, 0.5) is 5.69 Å². The second-order valence-corrected chi connectivity index (χ2v) is 12.6. The van der Waals surface area contributed by atoms with Gasteiger partial charge in [-0.1, -0.05) is 78.1 Å². The van der Waals surface area contributed by atoms with Crippen LogP contribution in [-0.2, 0) is 20.8 Å². The third kappa shape index (κ3) is 3.90. The average molecular weight is 653 g/mol. The number of likely N-dealkylation sites (tertiary alicyclic amines) is 1. The number of nitrogens with one attached hydrogen (secondary N) is 1. The first-order chi connectivity index (χ1) is 16.2. The molecular weight excluding hydrogens is 628 g/mol. The molecule has 1 heterocycles. The predicted octanol–water partition coefficient (Wildman–Crippen LogP) is 5.39. The minimum atomic E-state index is -0.904. The highest BCUT2D eigenvalue weighted by Gasteiger charge is 2.67. The Hall–Kier alpha value is -1.51. The summed E-state index contributed by atoms with van der Waals surface area (Å²) < 4.78 is 0.994. The van der Waals surface area contributed by atoms with Crippen molar-refractivity contribution in [1.82, 2.24) is 4.90 Å². The zero-order chi connectivity index (χ0) is 24.3. The van der Waals surface area contributed by atoms with E-state index in [2.05, 4.69) is 53.1 Å². The highest BCUT2D eigenvalue weighted by molar-refractivity contribution is 9.12. The van der Waals surface area contributed by atoms with Gasteiger partial charge in [-0.3, -0.25) is 19.3 Å². The topological polar surface area (TPSA) is 66.5 Å². The second-order valence-electron chi connectivity index (χ2n) is 9.67. The van der Waals surface area contributed by atoms with E-state index in [0.717, 1.165) is 27.6 Å². The summed E-state index contributed by atoms with van der Waals surface area (Å²) in [5.41, 5.74) is 3.56. The van der Waals surface area contributed by atoms with Crippen LogP contribution in [0.5, 0.6) is 0 Å². The number of halogens is 3. The zero-order valence-corrected chi connectivity index (χ0v) is 23.6. The molecule has 2 bridgehead atoms. The summed E-state index contributed by atoms with van der Waals surface area (Å²) in [6, 6.07) is 12.4. The Bertz CT molecular complexity index is 1120. The number of aryl methyl sites for hydroxylation is 2. The quantitative estimate of drug-likeness (QED) is 0.348. The van der Waals surface area contributed by atoms with E-state index in [4.69, 9.17) is 0 Å². The first-order valence-corrected chi connectivity index (χ1v) is 14.1. The highest BCUT2D eigenvalue weighted by Crippen LogP contribution is 2.60. The van der Waals surface area contributed by atoms with Gasteiger partial charge in [0.05, 0.1) is 11.8 Å². The molecule has 8 heteroatoms. The van der Waals surface area contributed by atoms with Crippen LogP contribution in [0.15, 0.2) is 46.9 Å². The van der Waals surface area contributed by atoms with Crippen LogP contribution in [0.3, 0.4) is 0 Å². The van der Waals surface area contributed by atoms with E-state index in [1.807, 2.05) is 56.3 Å². The minimum Gasteiger partial charge on any atom is -0.324 e. The van der Waals surface area contributed by atoms with Gasteiger partial charge in [-0.15, -0.1) is 0 Å². The average Bonchev–Trinajstić information content (AvgIpc) is 3.41. The number of alkyl halides is 2. The van der Waals surface area contributed by atoms with E-state index in [0.29, 0.717) is 5.69 Å². The number of hydrogen-bond donors (Lipinski definition) is 1. The molecule has 1 aliphatic heterocycles. The Morgan fingerprint density at radius 2 is 1.53 bits per heavy atom. The molecule has 2 aromatic carbocycles. The summed E-state index contributed by atoms with van der Waals surface area (Å²) in [6.45, 7) is 3.93. The number of fused-ring (bicyclic) bond motifs is 5. The van der Waals surface area contributed by atoms with E-state index in [-0.39, 0.29) is 57.5 Å². The molecular formula is C26H25Br3N2O3. The van der Waals surface area contributed by atoms with Crippen molar-refractivity contribution in [1.29, 1.82) is 0 Å². The smallest absolute Gasteiger partial charge is 0.248 e. The number of hydrogen-bond acceptors (Lipinski definition) is 3. The molecule has 2 aliphatic carbocycles. The van der Waals surface area contributed by atoms with Gasteiger partial charge in [0.25, 0.3) is 0 Å². The summed E-state index contributed by atoms with van der Waals surface area (Å²) in [4.78, 5) is 42.6. The van der Waals surface area contributed by atoms with Crippen molar-refractivity contribution < 1.29 is 14.4 Å². The maximum atomic E-state index is 13.7. The monoisotopic (exact) mass is 650 g/mol. The number of benzene rings is 2. The van der Waals surface area contributed by atoms with Gasteiger partial charge >= 0.3 is 0 Å². The molecule has 1 N–H and O–H groups in total. The summed E-state index contributed by atoms with van der Waals surface area (Å²) in [5.74, 6) is -1.23. The fourth-order valence-electron chi connectivity index (χ4n) is 6.06. The lowest BCUT2D eigenvalue weighted by Gasteiger charge is -2.28. The number of rotatable bonds is 5. The largest absolute Gasteiger partial charge is 0.324 e. The number of imide groups is 1. The molecule has 0 unspecified atom stereocenters. The second kappa shape index (κ2) is 9.17. The standard InChI is InChI=1S/C26H25Br3N2O3/c1-12-8-15(9-13(2)21(12)27)30-24(32)18(10-14-6-4-3-5-7-14)31-25(33)19-16-11-17(20(19)26(31)34)23(29)22(16)28/h3-9,16-20,22-23H,10-11H2,1-2H3,(H,30,32)/t16-,17-,18+,19-,20+,22-,23+/m1/s1. The summed E-state index contributed by atoms with van der Waals surface area (Å²) >= 11 is 11.0. The van der Waals surface area contributed by atoms with E-state index in [1.54, 1.807) is 0 Å². The fraction of sp³-hybridized carbons (Fsp3) is 0.423. The molecule has 3 amide bonds. The molecule has 3 fully saturated rings. The van der Waals surface area contributed by atoms with E-state index < -0.39 is 6.04 Å². The molecule has 2 aromatic rings. The van der Waals surface area contributed by atoms with Crippen molar-refractivity contribution in [2.45, 2.75) is 42.4 Å². The molecule has 5 nitrogen and oxygen atoms in total. The number of anilines is 1. The normalized spacial score (nSPS) is 30.6. The lowest BCUT2D eigenvalue weighted by Crippen LogP contribution is -2.49. The summed E-state index contributed by atoms with van der Waals surface area (Å²) in [6.07, 6.45) is 1.14. The Morgan fingerprint density at radius 1 is 1.00 bits per heavy atom. The molecule has 0 spiro atoms. The van der Waals surface area contributed by atoms with E-state index >= 15 is 0 Å². The minimum absolute atomic E-state index is 0.109. The van der Waals surface area contributed by atoms with Crippen molar-refractivity contribution >= 4 is 71.2 Å². The molecule has 1 saturated heterocycles. The van der Waals surface area contributed by atoms with Crippen molar-refractivity contribution in [3.63, 3.8) is 0 Å². The molecule has 178 valence electrons. The van der Waals surface area contributed by atoms with E-state index in [9.17, 15) is 14.4 Å². The molecule has 0 aromatic heterocycles. The van der Waals surface area contributed by atoms with Gasteiger partial charge in [-0.05, 0) is 60.9 Å². The third-order valence-electron chi connectivity index (χ3n) is 7.61. The number of carbonyl (C=O) groups excluding carboxylic acids is 3. The van der Waals surface area contributed by atoms with Crippen LogP contribution in [0.2, 0.25) is 0 Å². The molecule has 34 heavy (non-hydrogen) atoms. The zero-order valence-electron chi connectivity index (χ0n) is 18.8. The molecule has 5 rings (SSSR count). The third-order valence-corrected chi connectivity index (χ3v) is 12.1. The van der Waals surface area contributed by atoms with Crippen LogP contribution >= 0.6 is 47.8 Å². The van der Waals surface area contributed by atoms with Crippen LogP contribution in [-0.4, -0.2) is 38.3 Å². The summed E-state index contributed by atoms with van der Waals surface area (Å²) in [7, 11) is 0. The molecule has 7 atom stereocenters. The van der Waals surface area contributed by atoms with Crippen LogP contribution in [0, 0.1) is 37.5 Å². The van der Waals surface area contributed by atoms with Gasteiger partial charge in [-0.25, -0.2) is 0 Å². The van der Waals surface area contributed by atoms with Gasteiger partial charge in [0.15, 0.2) is 0 Å². The Labute approximate surface area is 224 Å². The SMILES string of the molecule is Cc1cc(NC(=O)[C@H](Cc2ccccc2)N2C(=O)[C@@H]3[C@H]4C[C@@H]([C@H](Br)[C@@H]4Br)[C@@H]3C2=O)cc(C)c1Br. The van der Waals surface area contributed by atoms with Crippen molar-refractivity contribution in [3.05, 3.63) is 63.6 Å². The Morgan fingerprint density at radius 3 is 2.06 bits per heavy atom. The van der Waals surface area contributed by atoms with Crippen LogP contribution in [0.1, 0.15) is 23.1 Å². The Kier molecular flexibility index (Phi) is 6.53. The summed E-state index contributed by atoms with van der Waals surface area (Å²) in [5, 5.41) is 2.99. The lowest BCUT2D eigenvalue weighted by molar-refractivity contribution is -0.147. The maximum Gasteiger partial charge on any atom is 0.248 e. The van der Waals surface area contributed by atoms with E-state index in [1.165, 1.54) is 4.90 Å². The van der Waals surface area contributed by atoms with Gasteiger partial charge in [-0.2, -0.15) is 0 Å². The Balaban J connectivity index is 1.48. The fourth-order valence-corrected chi connectivity index (χ4v) is 8.16. The van der Waals surface area contributed by atoms with Crippen molar-refractivity contribution in [2.24, 2.45) is 23.7 Å².